The molecule has 263 valence electrons. The molecule has 0 unspecified atom stereocenters. The first-order chi connectivity index (χ1) is 22.9. The van der Waals surface area contributed by atoms with Crippen molar-refractivity contribution < 1.29 is 30.0 Å². The van der Waals surface area contributed by atoms with Crippen molar-refractivity contribution in [1.82, 2.24) is 4.98 Å². The molecule has 0 amide bonds. The number of carbonyl (C=O) groups is 1. The van der Waals surface area contributed by atoms with Crippen LogP contribution in [0.5, 0.6) is 0 Å². The number of allylic oxidation sites excluding steroid dienone is 2. The Bertz CT molecular complexity index is 1970. The van der Waals surface area contributed by atoms with E-state index in [0.29, 0.717) is 0 Å². The van der Waals surface area contributed by atoms with Crippen molar-refractivity contribution in [3.63, 3.8) is 0 Å². The number of thiophene rings is 1. The maximum atomic E-state index is 11.7. The Kier molecular flexibility index (Phi) is 13.1. The second-order valence-corrected chi connectivity index (χ2v) is 15.8. The number of aryl methyl sites for hydroxylation is 4. The predicted octanol–water partition coefficient (Wildman–Crippen LogP) is 12.7. The topological polar surface area (TPSA) is 50.2 Å². The summed E-state index contributed by atoms with van der Waals surface area (Å²) in [5, 5.41) is 15.0. The molecule has 3 nitrogen and oxygen atoms in total. The minimum Gasteiger partial charge on any atom is -0.512 e. The van der Waals surface area contributed by atoms with Crippen molar-refractivity contribution in [2.75, 3.05) is 0 Å². The van der Waals surface area contributed by atoms with Crippen molar-refractivity contribution >= 4 is 48.9 Å². The summed E-state index contributed by atoms with van der Waals surface area (Å²) in [6.45, 7) is 19.4. The molecule has 1 radical (unpaired) electrons. The van der Waals surface area contributed by atoms with E-state index in [9.17, 15) is 9.90 Å². The Balaban J connectivity index is 0.000000290. The molecule has 49 heavy (non-hydrogen) atoms. The number of aliphatic hydroxyl groups is 1. The van der Waals surface area contributed by atoms with Gasteiger partial charge in [0.15, 0.2) is 5.78 Å². The fourth-order valence-electron chi connectivity index (χ4n) is 7.45. The number of hydrogen-bond donors (Lipinski definition) is 1. The van der Waals surface area contributed by atoms with E-state index < -0.39 is 0 Å². The van der Waals surface area contributed by atoms with Gasteiger partial charge in [-0.3, -0.25) is 9.78 Å². The van der Waals surface area contributed by atoms with Crippen LogP contribution in [0.3, 0.4) is 0 Å². The van der Waals surface area contributed by atoms with Gasteiger partial charge in [0.05, 0.1) is 11.3 Å². The largest absolute Gasteiger partial charge is 0.512 e. The smallest absolute Gasteiger partial charge is 0.162 e. The monoisotopic (exact) mass is 853 g/mol. The van der Waals surface area contributed by atoms with Gasteiger partial charge in [0.1, 0.15) is 0 Å². The molecule has 0 bridgehead atoms. The number of nitrogens with zero attached hydrogens (tertiary/aromatic N) is 1. The van der Waals surface area contributed by atoms with Gasteiger partial charge in [0, 0.05) is 58.7 Å². The Morgan fingerprint density at radius 2 is 1.59 bits per heavy atom. The first-order valence-electron chi connectivity index (χ1n) is 18.2. The number of aromatic nitrogens is 1. The number of ketones is 1. The summed E-state index contributed by atoms with van der Waals surface area (Å²) in [6, 6.07) is 19.4. The summed E-state index contributed by atoms with van der Waals surface area (Å²) in [5.74, 6) is 0.547. The zero-order chi connectivity index (χ0) is 34.7. The number of hydrogen-bond acceptors (Lipinski definition) is 4. The molecular weight excluding hydrogens is 799 g/mol. The van der Waals surface area contributed by atoms with Gasteiger partial charge in [-0.2, -0.15) is 0 Å². The number of aliphatic hydroxyl groups excluding tert-OH is 1. The predicted molar refractivity (Wildman–Crippen MR) is 208 cm³/mol. The van der Waals surface area contributed by atoms with E-state index in [1.54, 1.807) is 10.4 Å². The zero-order valence-electron chi connectivity index (χ0n) is 31.0. The summed E-state index contributed by atoms with van der Waals surface area (Å²) < 4.78 is 1.43. The minimum atomic E-state index is 0. The third-order valence-corrected chi connectivity index (χ3v) is 11.6. The molecule has 0 saturated heterocycles. The molecule has 5 heteroatoms. The first-order valence-corrected chi connectivity index (χ1v) is 19.0. The Morgan fingerprint density at radius 3 is 2.24 bits per heavy atom. The standard InChI is InChI=1S/C31H30NS.C13H24O2.Ir/c1-18-14-19(2)27-25(15-18)32-29(28-23-12-8-9-13-26(23)33-30(27)28)21-16-20-10-6-7-11-22(20)24(17-21)31(3,4)5;1-5-10(6-2)12(14)9-13(15)11(7-3)8-4;/h6-7,10-11,14-15,17H,8-9,12-13H2,1-5H3;9-11,14H,5-8H2,1-4H3;/q-1;;/b;12-9-;. The fraction of sp³-hybridized carbons (Fsp3) is 0.455. The van der Waals surface area contributed by atoms with E-state index in [1.165, 1.54) is 74.7 Å². The summed E-state index contributed by atoms with van der Waals surface area (Å²) in [6.07, 6.45) is 9.85. The molecule has 3 aromatic carbocycles. The van der Waals surface area contributed by atoms with Crippen LogP contribution in [0.1, 0.15) is 114 Å². The Morgan fingerprint density at radius 1 is 0.939 bits per heavy atom. The van der Waals surface area contributed by atoms with Crippen LogP contribution in [0.4, 0.5) is 0 Å². The first kappa shape index (κ1) is 38.9. The maximum absolute atomic E-state index is 11.7. The summed E-state index contributed by atoms with van der Waals surface area (Å²) >= 11 is 2.02. The molecule has 1 aliphatic carbocycles. The van der Waals surface area contributed by atoms with Gasteiger partial charge in [-0.25, -0.2) is 0 Å². The van der Waals surface area contributed by atoms with Gasteiger partial charge in [-0.1, -0.05) is 83.7 Å². The SMILES string of the molecule is CCC(CC)C(=O)/C=C(\O)C(CC)CC.Cc1cc(C)c2c(c1)nc(-c1[c-]c3ccccc3c(C(C)(C)C)c1)c1c3c(sc12)CCCC3.[Ir]. The Hall–Kier alpha value is -2.85. The van der Waals surface area contributed by atoms with Gasteiger partial charge in [-0.05, 0) is 98.8 Å². The number of rotatable bonds is 8. The summed E-state index contributed by atoms with van der Waals surface area (Å²) in [4.78, 5) is 18.7. The van der Waals surface area contributed by atoms with Crippen molar-refractivity contribution in [1.29, 1.82) is 0 Å². The van der Waals surface area contributed by atoms with E-state index in [-0.39, 0.29) is 48.9 Å². The van der Waals surface area contributed by atoms with Crippen LogP contribution in [-0.4, -0.2) is 15.9 Å². The molecule has 0 spiro atoms. The molecule has 1 aliphatic rings. The van der Waals surface area contributed by atoms with E-state index >= 15 is 0 Å². The molecule has 1 N–H and O–H groups in total. The number of pyridine rings is 1. The van der Waals surface area contributed by atoms with Crippen LogP contribution in [-0.2, 0) is 43.2 Å². The fourth-order valence-corrected chi connectivity index (χ4v) is 8.96. The maximum Gasteiger partial charge on any atom is 0.162 e. The number of fused-ring (bicyclic) bond motifs is 6. The van der Waals surface area contributed by atoms with E-state index in [0.717, 1.165) is 42.5 Å². The third-order valence-electron chi connectivity index (χ3n) is 10.2. The van der Waals surface area contributed by atoms with Crippen LogP contribution >= 0.6 is 11.3 Å². The molecule has 0 aliphatic heterocycles. The third kappa shape index (κ3) is 8.22. The van der Waals surface area contributed by atoms with Gasteiger partial charge >= 0.3 is 0 Å². The normalized spacial score (nSPS) is 13.5. The average Bonchev–Trinajstić information content (AvgIpc) is 3.44. The van der Waals surface area contributed by atoms with Crippen LogP contribution < -0.4 is 0 Å². The van der Waals surface area contributed by atoms with Crippen LogP contribution in [0.15, 0.2) is 54.3 Å². The Labute approximate surface area is 312 Å². The average molecular weight is 853 g/mol. The molecule has 2 heterocycles. The summed E-state index contributed by atoms with van der Waals surface area (Å²) in [5.41, 5.74) is 8.95. The van der Waals surface area contributed by atoms with Gasteiger partial charge < -0.3 is 5.11 Å². The molecule has 5 aromatic rings. The van der Waals surface area contributed by atoms with Gasteiger partial charge in [0.25, 0.3) is 0 Å². The zero-order valence-corrected chi connectivity index (χ0v) is 34.2. The second-order valence-electron chi connectivity index (χ2n) is 14.7. The van der Waals surface area contributed by atoms with Crippen LogP contribution in [0.2, 0.25) is 0 Å². The van der Waals surface area contributed by atoms with E-state index in [2.05, 4.69) is 83.1 Å². The summed E-state index contributed by atoms with van der Waals surface area (Å²) in [7, 11) is 0. The second kappa shape index (κ2) is 16.4. The number of carbonyl (C=O) groups excluding carboxylic acids is 1. The van der Waals surface area contributed by atoms with Crippen molar-refractivity contribution in [3.8, 4) is 11.3 Å². The van der Waals surface area contributed by atoms with Crippen LogP contribution in [0, 0.1) is 31.7 Å². The number of benzene rings is 3. The van der Waals surface area contributed by atoms with E-state index in [4.69, 9.17) is 4.98 Å². The molecule has 0 saturated carbocycles. The molecule has 0 atom stereocenters. The molecule has 6 rings (SSSR count). The van der Waals surface area contributed by atoms with Crippen molar-refractivity contribution in [2.24, 2.45) is 11.8 Å². The molecule has 2 aromatic heterocycles. The van der Waals surface area contributed by atoms with Gasteiger partial charge in [0.2, 0.25) is 0 Å². The van der Waals surface area contributed by atoms with Crippen molar-refractivity contribution in [2.45, 2.75) is 119 Å². The van der Waals surface area contributed by atoms with Gasteiger partial charge in [-0.15, -0.1) is 40.5 Å². The van der Waals surface area contributed by atoms with Crippen LogP contribution in [0.25, 0.3) is 43.0 Å². The van der Waals surface area contributed by atoms with E-state index in [1.807, 2.05) is 39.0 Å². The molecular formula is C44H54IrNO2S-. The quantitative estimate of drug-likeness (QED) is 0.0961. The minimum absolute atomic E-state index is 0. The molecule has 0 fully saturated rings. The van der Waals surface area contributed by atoms with Crippen molar-refractivity contribution in [3.05, 3.63) is 87.5 Å².